The standard InChI is InChI=1S/C51H36N2/c1-51(2)44-28-12-11-24-42(44)49-41(26-15-29-45(49)51)39-30-31-40(38-23-10-9-22-37(38)39)46-32-47(53-50(52-46)35-18-7-4-8-19-35)43-27-14-21-34-20-13-25-36(48(34)43)33-16-5-3-6-17-33/h3-32H,1-2H3. The summed E-state index contributed by atoms with van der Waals surface area (Å²) in [6, 6.07) is 65.3. The monoisotopic (exact) mass is 676 g/mol. The SMILES string of the molecule is CC1(C)c2ccccc2-c2c(-c3ccc(-c4cc(-c5cccc6cccc(-c7ccccc7)c56)nc(-c5ccccc5)n4)c4ccccc34)cccc21. The van der Waals surface area contributed by atoms with E-state index in [1.807, 2.05) is 6.07 Å². The van der Waals surface area contributed by atoms with Gasteiger partial charge in [-0.15, -0.1) is 0 Å². The summed E-state index contributed by atoms with van der Waals surface area (Å²) in [6.07, 6.45) is 0. The first-order chi connectivity index (χ1) is 26.1. The zero-order valence-electron chi connectivity index (χ0n) is 29.7. The highest BCUT2D eigenvalue weighted by molar-refractivity contribution is 6.09. The normalized spacial score (nSPS) is 12.9. The van der Waals surface area contributed by atoms with Crippen molar-refractivity contribution in [3.05, 3.63) is 193 Å². The van der Waals surface area contributed by atoms with Gasteiger partial charge < -0.3 is 0 Å². The Labute approximate surface area is 310 Å². The fourth-order valence-electron chi connectivity index (χ4n) is 8.59. The van der Waals surface area contributed by atoms with E-state index in [2.05, 4.69) is 190 Å². The van der Waals surface area contributed by atoms with Gasteiger partial charge in [0.05, 0.1) is 11.4 Å². The minimum atomic E-state index is -0.0646. The molecule has 8 aromatic carbocycles. The van der Waals surface area contributed by atoms with Crippen molar-refractivity contribution in [3.63, 3.8) is 0 Å². The molecule has 2 heteroatoms. The highest BCUT2D eigenvalue weighted by atomic mass is 14.9. The average Bonchev–Trinajstić information content (AvgIpc) is 3.46. The molecule has 0 amide bonds. The van der Waals surface area contributed by atoms with E-state index >= 15 is 0 Å². The number of hydrogen-bond acceptors (Lipinski definition) is 2. The third-order valence-electron chi connectivity index (χ3n) is 11.1. The Morgan fingerprint density at radius 2 is 0.906 bits per heavy atom. The van der Waals surface area contributed by atoms with E-state index in [1.165, 1.54) is 66.1 Å². The van der Waals surface area contributed by atoms with E-state index in [-0.39, 0.29) is 5.41 Å². The molecular formula is C51H36N2. The zero-order chi connectivity index (χ0) is 35.5. The molecule has 1 aromatic heterocycles. The van der Waals surface area contributed by atoms with Gasteiger partial charge in [0.15, 0.2) is 5.82 Å². The van der Waals surface area contributed by atoms with Crippen molar-refractivity contribution in [2.75, 3.05) is 0 Å². The number of benzene rings is 8. The molecule has 9 aromatic rings. The molecule has 0 saturated heterocycles. The maximum Gasteiger partial charge on any atom is 0.160 e. The number of nitrogens with zero attached hydrogens (tertiary/aromatic N) is 2. The van der Waals surface area contributed by atoms with E-state index < -0.39 is 0 Å². The summed E-state index contributed by atoms with van der Waals surface area (Å²) in [5.41, 5.74) is 15.2. The van der Waals surface area contributed by atoms with Crippen LogP contribution in [0.1, 0.15) is 25.0 Å². The minimum Gasteiger partial charge on any atom is -0.228 e. The fraction of sp³-hybridized carbons (Fsp3) is 0.0588. The lowest BCUT2D eigenvalue weighted by Crippen LogP contribution is -2.14. The van der Waals surface area contributed by atoms with Gasteiger partial charge in [-0.25, -0.2) is 9.97 Å². The maximum absolute atomic E-state index is 5.31. The zero-order valence-corrected chi connectivity index (χ0v) is 29.7. The largest absolute Gasteiger partial charge is 0.228 e. The highest BCUT2D eigenvalue weighted by Crippen LogP contribution is 2.53. The van der Waals surface area contributed by atoms with Crippen molar-refractivity contribution < 1.29 is 0 Å². The smallest absolute Gasteiger partial charge is 0.160 e. The van der Waals surface area contributed by atoms with Crippen LogP contribution in [0, 0.1) is 0 Å². The van der Waals surface area contributed by atoms with Gasteiger partial charge in [-0.3, -0.25) is 0 Å². The van der Waals surface area contributed by atoms with Crippen LogP contribution in [-0.4, -0.2) is 9.97 Å². The molecule has 250 valence electrons. The van der Waals surface area contributed by atoms with E-state index in [1.54, 1.807) is 0 Å². The molecule has 0 atom stereocenters. The van der Waals surface area contributed by atoms with Crippen molar-refractivity contribution in [2.24, 2.45) is 0 Å². The Bertz CT molecular complexity index is 2850. The van der Waals surface area contributed by atoms with Crippen molar-refractivity contribution >= 4 is 21.5 Å². The molecule has 10 rings (SSSR count). The number of hydrogen-bond donors (Lipinski definition) is 0. The Kier molecular flexibility index (Phi) is 7.19. The van der Waals surface area contributed by atoms with Gasteiger partial charge in [0.25, 0.3) is 0 Å². The quantitative estimate of drug-likeness (QED) is 0.181. The van der Waals surface area contributed by atoms with Gasteiger partial charge in [0.2, 0.25) is 0 Å². The molecule has 0 fully saturated rings. The molecular weight excluding hydrogens is 641 g/mol. The number of fused-ring (bicyclic) bond motifs is 5. The topological polar surface area (TPSA) is 25.8 Å². The summed E-state index contributed by atoms with van der Waals surface area (Å²) in [5, 5.41) is 4.74. The van der Waals surface area contributed by atoms with Crippen LogP contribution in [0.3, 0.4) is 0 Å². The summed E-state index contributed by atoms with van der Waals surface area (Å²) in [6.45, 7) is 4.69. The summed E-state index contributed by atoms with van der Waals surface area (Å²) in [4.78, 5) is 10.6. The van der Waals surface area contributed by atoms with E-state index in [0.29, 0.717) is 5.82 Å². The second kappa shape index (κ2) is 12.3. The van der Waals surface area contributed by atoms with E-state index in [0.717, 1.165) is 28.1 Å². The molecule has 1 aliphatic carbocycles. The number of aromatic nitrogens is 2. The molecule has 0 saturated carbocycles. The van der Waals surface area contributed by atoms with Crippen molar-refractivity contribution in [1.82, 2.24) is 9.97 Å². The Hall–Kier alpha value is -6.64. The summed E-state index contributed by atoms with van der Waals surface area (Å²) in [5.74, 6) is 0.708. The molecule has 0 radical (unpaired) electrons. The van der Waals surface area contributed by atoms with Crippen LogP contribution in [0.4, 0.5) is 0 Å². The van der Waals surface area contributed by atoms with Crippen LogP contribution in [0.25, 0.3) is 88.8 Å². The molecule has 1 heterocycles. The highest BCUT2D eigenvalue weighted by Gasteiger charge is 2.36. The van der Waals surface area contributed by atoms with Crippen molar-refractivity contribution in [3.8, 4) is 67.3 Å². The second-order valence-electron chi connectivity index (χ2n) is 14.5. The molecule has 0 aliphatic heterocycles. The Morgan fingerprint density at radius 1 is 0.377 bits per heavy atom. The van der Waals surface area contributed by atoms with Crippen LogP contribution in [0.5, 0.6) is 0 Å². The van der Waals surface area contributed by atoms with Crippen molar-refractivity contribution in [2.45, 2.75) is 19.3 Å². The molecule has 53 heavy (non-hydrogen) atoms. The van der Waals surface area contributed by atoms with Crippen LogP contribution in [-0.2, 0) is 5.41 Å². The molecule has 1 aliphatic rings. The number of rotatable bonds is 5. The lowest BCUT2D eigenvalue weighted by molar-refractivity contribution is 0.660. The first kappa shape index (κ1) is 31.1. The van der Waals surface area contributed by atoms with Crippen molar-refractivity contribution in [1.29, 1.82) is 0 Å². The van der Waals surface area contributed by atoms with Crippen LogP contribution < -0.4 is 0 Å². The van der Waals surface area contributed by atoms with Gasteiger partial charge in [-0.2, -0.15) is 0 Å². The van der Waals surface area contributed by atoms with Gasteiger partial charge in [0, 0.05) is 22.1 Å². The predicted molar refractivity (Wildman–Crippen MR) is 222 cm³/mol. The van der Waals surface area contributed by atoms with Gasteiger partial charge in [-0.1, -0.05) is 190 Å². The lowest BCUT2D eigenvalue weighted by atomic mass is 9.81. The molecule has 0 N–H and O–H groups in total. The van der Waals surface area contributed by atoms with Crippen LogP contribution in [0.2, 0.25) is 0 Å². The van der Waals surface area contributed by atoms with E-state index in [4.69, 9.17) is 9.97 Å². The predicted octanol–water partition coefficient (Wildman–Crippen LogP) is 13.4. The summed E-state index contributed by atoms with van der Waals surface area (Å²) >= 11 is 0. The lowest BCUT2D eigenvalue weighted by Gasteiger charge is -2.22. The summed E-state index contributed by atoms with van der Waals surface area (Å²) in [7, 11) is 0. The van der Waals surface area contributed by atoms with Crippen LogP contribution >= 0.6 is 0 Å². The van der Waals surface area contributed by atoms with Gasteiger partial charge >= 0.3 is 0 Å². The molecule has 0 bridgehead atoms. The van der Waals surface area contributed by atoms with E-state index in [9.17, 15) is 0 Å². The molecule has 2 nitrogen and oxygen atoms in total. The fourth-order valence-corrected chi connectivity index (χ4v) is 8.59. The third-order valence-corrected chi connectivity index (χ3v) is 11.1. The first-order valence-corrected chi connectivity index (χ1v) is 18.3. The summed E-state index contributed by atoms with van der Waals surface area (Å²) < 4.78 is 0. The minimum absolute atomic E-state index is 0.0646. The molecule has 0 unspecified atom stereocenters. The second-order valence-corrected chi connectivity index (χ2v) is 14.5. The third kappa shape index (κ3) is 5.02. The van der Waals surface area contributed by atoms with Crippen LogP contribution in [0.15, 0.2) is 182 Å². The average molecular weight is 677 g/mol. The first-order valence-electron chi connectivity index (χ1n) is 18.3. The molecule has 0 spiro atoms. The van der Waals surface area contributed by atoms with Gasteiger partial charge in [0.1, 0.15) is 0 Å². The Balaban J connectivity index is 1.21. The Morgan fingerprint density at radius 3 is 1.66 bits per heavy atom. The van der Waals surface area contributed by atoms with Gasteiger partial charge in [-0.05, 0) is 72.1 Å². The maximum atomic E-state index is 5.31.